The minimum absolute atomic E-state index is 0.0126. The molecule has 0 saturated carbocycles. The highest BCUT2D eigenvalue weighted by Gasteiger charge is 2.20. The van der Waals surface area contributed by atoms with Crippen molar-refractivity contribution in [2.45, 2.75) is 20.4 Å². The maximum Gasteiger partial charge on any atom is 0.296 e. The zero-order chi connectivity index (χ0) is 24.0. The third-order valence-electron chi connectivity index (χ3n) is 5.56. The van der Waals surface area contributed by atoms with Gasteiger partial charge < -0.3 is 5.32 Å². The first-order valence-electron chi connectivity index (χ1n) is 10.5. The van der Waals surface area contributed by atoms with Gasteiger partial charge in [-0.05, 0) is 66.9 Å². The Morgan fingerprint density at radius 3 is 2.65 bits per heavy atom. The molecule has 0 bridgehead atoms. The highest BCUT2D eigenvalue weighted by Crippen LogP contribution is 2.19. The van der Waals surface area contributed by atoms with E-state index in [1.807, 2.05) is 37.3 Å². The number of anilines is 1. The average Bonchev–Trinajstić information content (AvgIpc) is 3.25. The molecule has 0 radical (unpaired) electrons. The molecule has 9 heteroatoms. The molecule has 1 amide bonds. The molecule has 0 saturated heterocycles. The summed E-state index contributed by atoms with van der Waals surface area (Å²) in [5, 5.41) is 7.45. The highest BCUT2D eigenvalue weighted by molar-refractivity contribution is 6.30. The van der Waals surface area contributed by atoms with Gasteiger partial charge in [-0.3, -0.25) is 14.2 Å². The predicted molar refractivity (Wildman–Crippen MR) is 129 cm³/mol. The number of benzene rings is 3. The van der Waals surface area contributed by atoms with Crippen LogP contribution in [-0.4, -0.2) is 25.1 Å². The molecule has 0 aliphatic heterocycles. The summed E-state index contributed by atoms with van der Waals surface area (Å²) in [4.78, 5) is 30.5. The lowest BCUT2D eigenvalue weighted by atomic mass is 10.2. The maximum atomic E-state index is 13.9. The lowest BCUT2D eigenvalue weighted by molar-refractivity contribution is 0.101. The molecular formula is C25H19ClFN5O2. The molecule has 0 aliphatic rings. The topological polar surface area (TPSA) is 81.3 Å². The standard InChI is InChI=1S/C25H19ClFN5O2/c1-14-6-9-20-21(10-14)31(13-16-4-3-5-17(26)11-16)25(34)23-29-22(30-32(20)23)24(33)28-18-8-7-15(2)19(27)12-18/h3-12H,13H2,1-2H3,(H,28,33). The number of hydrogen-bond acceptors (Lipinski definition) is 4. The lowest BCUT2D eigenvalue weighted by Gasteiger charge is -2.12. The Morgan fingerprint density at radius 1 is 1.06 bits per heavy atom. The van der Waals surface area contributed by atoms with Gasteiger partial charge in [0.05, 0.1) is 17.6 Å². The number of hydrogen-bond donors (Lipinski definition) is 1. The van der Waals surface area contributed by atoms with E-state index in [2.05, 4.69) is 15.4 Å². The number of nitrogens with zero attached hydrogens (tertiary/aromatic N) is 4. The Hall–Kier alpha value is -4.04. The fraction of sp³-hybridized carbons (Fsp3) is 0.120. The number of rotatable bonds is 4. The third kappa shape index (κ3) is 3.92. The molecule has 1 N–H and O–H groups in total. The number of carbonyl (C=O) groups excluding carboxylic acids is 1. The second-order valence-corrected chi connectivity index (χ2v) is 8.54. The first-order chi connectivity index (χ1) is 16.3. The minimum Gasteiger partial charge on any atom is -0.319 e. The normalized spacial score (nSPS) is 11.3. The summed E-state index contributed by atoms with van der Waals surface area (Å²) in [5.74, 6) is -1.28. The summed E-state index contributed by atoms with van der Waals surface area (Å²) in [6.45, 7) is 3.83. The first-order valence-corrected chi connectivity index (χ1v) is 10.9. The second-order valence-electron chi connectivity index (χ2n) is 8.10. The van der Waals surface area contributed by atoms with Crippen LogP contribution in [0.4, 0.5) is 10.1 Å². The summed E-state index contributed by atoms with van der Waals surface area (Å²) in [7, 11) is 0. The van der Waals surface area contributed by atoms with Crippen molar-refractivity contribution in [2.24, 2.45) is 0 Å². The van der Waals surface area contributed by atoms with Crippen LogP contribution >= 0.6 is 11.6 Å². The molecule has 0 aliphatic carbocycles. The van der Waals surface area contributed by atoms with Crippen LogP contribution in [0.5, 0.6) is 0 Å². The zero-order valence-electron chi connectivity index (χ0n) is 18.3. The Balaban J connectivity index is 1.63. The van der Waals surface area contributed by atoms with Crippen molar-refractivity contribution in [3.63, 3.8) is 0 Å². The van der Waals surface area contributed by atoms with Gasteiger partial charge in [0.15, 0.2) is 0 Å². The fourth-order valence-corrected chi connectivity index (χ4v) is 4.02. The summed E-state index contributed by atoms with van der Waals surface area (Å²) in [6, 6.07) is 17.2. The second kappa shape index (κ2) is 8.39. The van der Waals surface area contributed by atoms with Gasteiger partial charge in [0.2, 0.25) is 11.5 Å². The summed E-state index contributed by atoms with van der Waals surface area (Å²) < 4.78 is 16.8. The van der Waals surface area contributed by atoms with Gasteiger partial charge in [-0.25, -0.2) is 8.91 Å². The van der Waals surface area contributed by atoms with Gasteiger partial charge in [0.1, 0.15) is 5.82 Å². The van der Waals surface area contributed by atoms with Crippen LogP contribution in [0.25, 0.3) is 16.7 Å². The summed E-state index contributed by atoms with van der Waals surface area (Å²) >= 11 is 6.13. The number of amides is 1. The SMILES string of the molecule is Cc1ccc2c(c1)n(Cc1cccc(Cl)c1)c(=O)c1nc(C(=O)Nc3ccc(C)c(F)c3)nn12. The van der Waals surface area contributed by atoms with Gasteiger partial charge in [-0.1, -0.05) is 35.9 Å². The first kappa shape index (κ1) is 21.8. The van der Waals surface area contributed by atoms with E-state index in [9.17, 15) is 14.0 Å². The molecule has 0 spiro atoms. The third-order valence-corrected chi connectivity index (χ3v) is 5.79. The van der Waals surface area contributed by atoms with Crippen molar-refractivity contribution < 1.29 is 9.18 Å². The summed E-state index contributed by atoms with van der Waals surface area (Å²) in [6.07, 6.45) is 0. The number of nitrogens with one attached hydrogen (secondary N) is 1. The van der Waals surface area contributed by atoms with E-state index >= 15 is 0 Å². The minimum atomic E-state index is -0.645. The fourth-order valence-electron chi connectivity index (χ4n) is 3.81. The Morgan fingerprint density at radius 2 is 1.88 bits per heavy atom. The molecule has 2 aromatic heterocycles. The van der Waals surface area contributed by atoms with Gasteiger partial charge in [0.25, 0.3) is 11.5 Å². The van der Waals surface area contributed by atoms with Crippen molar-refractivity contribution in [1.82, 2.24) is 19.2 Å². The Bertz CT molecular complexity index is 1660. The van der Waals surface area contributed by atoms with Gasteiger partial charge in [-0.15, -0.1) is 5.10 Å². The molecule has 5 aromatic rings. The van der Waals surface area contributed by atoms with E-state index in [-0.39, 0.29) is 23.7 Å². The van der Waals surface area contributed by atoms with Crippen LogP contribution in [-0.2, 0) is 6.54 Å². The van der Waals surface area contributed by atoms with Crippen LogP contribution in [0.3, 0.4) is 0 Å². The van der Waals surface area contributed by atoms with Crippen molar-refractivity contribution in [2.75, 3.05) is 5.32 Å². The van der Waals surface area contributed by atoms with Gasteiger partial charge >= 0.3 is 0 Å². The Labute approximate surface area is 198 Å². The molecule has 0 unspecified atom stereocenters. The number of aromatic nitrogens is 4. The number of carbonyl (C=O) groups is 1. The zero-order valence-corrected chi connectivity index (χ0v) is 19.1. The van der Waals surface area contributed by atoms with Gasteiger partial charge in [-0.2, -0.15) is 4.98 Å². The molecule has 0 fully saturated rings. The van der Waals surface area contributed by atoms with E-state index in [1.165, 1.54) is 10.6 Å². The summed E-state index contributed by atoms with van der Waals surface area (Å²) in [5.41, 5.74) is 3.43. The molecular weight excluding hydrogens is 457 g/mol. The average molecular weight is 476 g/mol. The van der Waals surface area contributed by atoms with Crippen molar-refractivity contribution in [1.29, 1.82) is 0 Å². The number of aryl methyl sites for hydroxylation is 2. The van der Waals surface area contributed by atoms with Crippen LogP contribution in [0.15, 0.2) is 65.5 Å². The van der Waals surface area contributed by atoms with E-state index in [0.29, 0.717) is 21.6 Å². The molecule has 170 valence electrons. The van der Waals surface area contributed by atoms with E-state index in [4.69, 9.17) is 11.6 Å². The van der Waals surface area contributed by atoms with E-state index < -0.39 is 17.3 Å². The lowest BCUT2D eigenvalue weighted by Crippen LogP contribution is -2.24. The molecule has 34 heavy (non-hydrogen) atoms. The van der Waals surface area contributed by atoms with Crippen molar-refractivity contribution in [3.05, 3.63) is 104 Å². The van der Waals surface area contributed by atoms with E-state index in [0.717, 1.165) is 11.1 Å². The number of fused-ring (bicyclic) bond motifs is 3. The Kier molecular flexibility index (Phi) is 5.37. The van der Waals surface area contributed by atoms with Crippen LogP contribution in [0.2, 0.25) is 5.02 Å². The smallest absolute Gasteiger partial charge is 0.296 e. The van der Waals surface area contributed by atoms with Crippen LogP contribution < -0.4 is 10.9 Å². The molecule has 0 atom stereocenters. The van der Waals surface area contributed by atoms with Crippen molar-refractivity contribution >= 4 is 39.9 Å². The quantitative estimate of drug-likeness (QED) is 0.406. The maximum absolute atomic E-state index is 13.9. The van der Waals surface area contributed by atoms with E-state index in [1.54, 1.807) is 35.8 Å². The monoisotopic (exact) mass is 475 g/mol. The number of halogens is 2. The largest absolute Gasteiger partial charge is 0.319 e. The molecule has 2 heterocycles. The highest BCUT2D eigenvalue weighted by atomic mass is 35.5. The van der Waals surface area contributed by atoms with Crippen LogP contribution in [0.1, 0.15) is 27.3 Å². The molecule has 5 rings (SSSR count). The predicted octanol–water partition coefficient (Wildman–Crippen LogP) is 4.75. The van der Waals surface area contributed by atoms with Crippen molar-refractivity contribution in [3.8, 4) is 0 Å². The van der Waals surface area contributed by atoms with Crippen LogP contribution in [0, 0.1) is 19.7 Å². The molecule has 7 nitrogen and oxygen atoms in total. The molecule has 3 aromatic carbocycles. The van der Waals surface area contributed by atoms with Gasteiger partial charge in [0, 0.05) is 10.7 Å².